The number of fused-ring (bicyclic) bond motifs is 4. The van der Waals surface area contributed by atoms with Gasteiger partial charge >= 0.3 is 0 Å². The second-order valence-electron chi connectivity index (χ2n) is 10.8. The number of rotatable bonds is 2. The van der Waals surface area contributed by atoms with Gasteiger partial charge in [0.2, 0.25) is 11.9 Å². The summed E-state index contributed by atoms with van der Waals surface area (Å²) in [5.74, 6) is -0.551. The summed E-state index contributed by atoms with van der Waals surface area (Å²) in [5, 5.41) is 1.80. The molecule has 4 heteroatoms. The van der Waals surface area contributed by atoms with Gasteiger partial charge in [0.25, 0.3) is 0 Å². The fraction of sp³-hybridized carbons (Fsp3) is 0.258. The van der Waals surface area contributed by atoms with Gasteiger partial charge in [-0.15, -0.1) is 0 Å². The molecule has 35 heavy (non-hydrogen) atoms. The first-order valence-electron chi connectivity index (χ1n) is 12.1. The number of furan rings is 1. The van der Waals surface area contributed by atoms with E-state index in [2.05, 4.69) is 26.0 Å². The smallest absolute Gasteiger partial charge is 0.216 e. The standard InChI is InChI=1S/C31H28F2NO/c1-17-6-9-22-23-10-11-24(32)28(19-7-8-20-14-31(3,4)15-21(20)13-19)30(23)35-29(22)27(17)26-12-18(2)25(33)16-34(26)5/h6-13,16H,14-15H2,1-5H3/q+1. The van der Waals surface area contributed by atoms with E-state index >= 15 is 4.39 Å². The zero-order chi connectivity index (χ0) is 24.6. The molecule has 2 heterocycles. The van der Waals surface area contributed by atoms with E-state index in [1.807, 2.05) is 38.2 Å². The second kappa shape index (κ2) is 7.48. The third-order valence-corrected chi connectivity index (χ3v) is 7.47. The molecule has 0 spiro atoms. The number of hydrogen-bond donors (Lipinski definition) is 0. The molecule has 176 valence electrons. The molecule has 0 unspecified atom stereocenters. The van der Waals surface area contributed by atoms with Crippen LogP contribution < -0.4 is 4.57 Å². The van der Waals surface area contributed by atoms with Crippen LogP contribution >= 0.6 is 0 Å². The van der Waals surface area contributed by atoms with Crippen LogP contribution in [0.2, 0.25) is 0 Å². The van der Waals surface area contributed by atoms with E-state index in [0.29, 0.717) is 22.3 Å². The van der Waals surface area contributed by atoms with Crippen LogP contribution in [-0.4, -0.2) is 0 Å². The summed E-state index contributed by atoms with van der Waals surface area (Å²) in [6, 6.07) is 15.5. The molecule has 6 rings (SSSR count). The minimum Gasteiger partial charge on any atom is -0.454 e. The van der Waals surface area contributed by atoms with Crippen molar-refractivity contribution < 1.29 is 17.8 Å². The third-order valence-electron chi connectivity index (χ3n) is 7.47. The van der Waals surface area contributed by atoms with Crippen molar-refractivity contribution in [3.05, 3.63) is 88.6 Å². The van der Waals surface area contributed by atoms with Crippen LogP contribution in [0.5, 0.6) is 0 Å². The van der Waals surface area contributed by atoms with Gasteiger partial charge in [-0.2, -0.15) is 4.57 Å². The highest BCUT2D eigenvalue weighted by Gasteiger charge is 2.29. The third kappa shape index (κ3) is 3.38. The van der Waals surface area contributed by atoms with E-state index in [1.54, 1.807) is 17.6 Å². The summed E-state index contributed by atoms with van der Waals surface area (Å²) in [5.41, 5.74) is 8.75. The lowest BCUT2D eigenvalue weighted by molar-refractivity contribution is -0.662. The minimum absolute atomic E-state index is 0.222. The molecule has 0 atom stereocenters. The minimum atomic E-state index is -0.296. The number of hydrogen-bond acceptors (Lipinski definition) is 1. The number of nitrogens with zero attached hydrogens (tertiary/aromatic N) is 1. The lowest BCUT2D eigenvalue weighted by atomic mass is 9.90. The number of benzene rings is 3. The molecule has 3 aromatic carbocycles. The zero-order valence-electron chi connectivity index (χ0n) is 20.7. The molecule has 0 N–H and O–H groups in total. The molecule has 2 nitrogen and oxygen atoms in total. The molecule has 0 radical (unpaired) electrons. The molecule has 2 aromatic heterocycles. The average Bonchev–Trinajstić information content (AvgIpc) is 3.31. The maximum absolute atomic E-state index is 15.4. The molecule has 1 aliphatic carbocycles. The molecule has 0 amide bonds. The van der Waals surface area contributed by atoms with Crippen molar-refractivity contribution in [2.45, 2.75) is 40.5 Å². The van der Waals surface area contributed by atoms with Gasteiger partial charge in [-0.3, -0.25) is 0 Å². The highest BCUT2D eigenvalue weighted by atomic mass is 19.1. The first kappa shape index (κ1) is 22.0. The Morgan fingerprint density at radius 2 is 1.46 bits per heavy atom. The highest BCUT2D eigenvalue weighted by Crippen LogP contribution is 2.43. The quantitative estimate of drug-likeness (QED) is 0.242. The van der Waals surface area contributed by atoms with E-state index in [-0.39, 0.29) is 17.0 Å². The summed E-state index contributed by atoms with van der Waals surface area (Å²) >= 11 is 0. The van der Waals surface area contributed by atoms with Crippen LogP contribution in [0.25, 0.3) is 44.3 Å². The van der Waals surface area contributed by atoms with Crippen molar-refractivity contribution in [2.24, 2.45) is 12.5 Å². The van der Waals surface area contributed by atoms with E-state index in [4.69, 9.17) is 4.42 Å². The number of aryl methyl sites for hydroxylation is 3. The first-order valence-corrected chi connectivity index (χ1v) is 12.1. The Balaban J connectivity index is 1.63. The van der Waals surface area contributed by atoms with Crippen LogP contribution in [0.4, 0.5) is 8.78 Å². The van der Waals surface area contributed by atoms with Gasteiger partial charge in [0.05, 0.1) is 11.1 Å². The van der Waals surface area contributed by atoms with Crippen LogP contribution in [0.3, 0.4) is 0 Å². The summed E-state index contributed by atoms with van der Waals surface area (Å²) in [6.07, 6.45) is 3.51. The fourth-order valence-electron chi connectivity index (χ4n) is 5.74. The van der Waals surface area contributed by atoms with Crippen LogP contribution in [0.15, 0.2) is 59.1 Å². The van der Waals surface area contributed by atoms with Crippen molar-refractivity contribution in [1.82, 2.24) is 0 Å². The Morgan fingerprint density at radius 3 is 2.23 bits per heavy atom. The highest BCUT2D eigenvalue weighted by molar-refractivity contribution is 6.13. The van der Waals surface area contributed by atoms with Gasteiger partial charge in [-0.1, -0.05) is 44.2 Å². The molecular formula is C31H28F2NO+. The lowest BCUT2D eigenvalue weighted by Crippen LogP contribution is -2.31. The van der Waals surface area contributed by atoms with E-state index in [0.717, 1.165) is 46.0 Å². The monoisotopic (exact) mass is 468 g/mol. The molecule has 0 fully saturated rings. The van der Waals surface area contributed by atoms with E-state index < -0.39 is 0 Å². The van der Waals surface area contributed by atoms with E-state index in [1.165, 1.54) is 23.4 Å². The second-order valence-corrected chi connectivity index (χ2v) is 10.8. The molecular weight excluding hydrogens is 440 g/mol. The maximum atomic E-state index is 15.4. The largest absolute Gasteiger partial charge is 0.454 e. The predicted molar refractivity (Wildman–Crippen MR) is 136 cm³/mol. The fourth-order valence-corrected chi connectivity index (χ4v) is 5.74. The Labute approximate surface area is 203 Å². The van der Waals surface area contributed by atoms with Gasteiger partial charge in [-0.25, -0.2) is 8.78 Å². The Bertz CT molecular complexity index is 1680. The summed E-state index contributed by atoms with van der Waals surface area (Å²) in [6.45, 7) is 8.32. The maximum Gasteiger partial charge on any atom is 0.216 e. The normalized spacial score (nSPS) is 14.7. The van der Waals surface area contributed by atoms with Crippen molar-refractivity contribution in [3.8, 4) is 22.4 Å². The average molecular weight is 469 g/mol. The van der Waals surface area contributed by atoms with Crippen LogP contribution in [-0.2, 0) is 19.9 Å². The Kier molecular flexibility index (Phi) is 4.70. The SMILES string of the molecule is Cc1cc(-c2c(C)ccc3c2oc2c(-c4ccc5c(c4)CC(C)(C)C5)c(F)ccc23)[n+](C)cc1F. The molecule has 5 aromatic rings. The Hall–Kier alpha value is -3.53. The number of pyridine rings is 1. The van der Waals surface area contributed by atoms with Crippen LogP contribution in [0, 0.1) is 30.9 Å². The van der Waals surface area contributed by atoms with Gasteiger partial charge in [-0.05, 0) is 72.1 Å². The lowest BCUT2D eigenvalue weighted by Gasteiger charge is -2.14. The first-order chi connectivity index (χ1) is 16.6. The number of halogens is 2. The van der Waals surface area contributed by atoms with Gasteiger partial charge < -0.3 is 4.42 Å². The Morgan fingerprint density at radius 1 is 0.771 bits per heavy atom. The van der Waals surface area contributed by atoms with Crippen LogP contribution in [0.1, 0.15) is 36.1 Å². The summed E-state index contributed by atoms with van der Waals surface area (Å²) < 4.78 is 37.9. The van der Waals surface area contributed by atoms with E-state index in [9.17, 15) is 4.39 Å². The number of aromatic nitrogens is 1. The predicted octanol–water partition coefficient (Wildman–Crippen LogP) is 7.76. The summed E-state index contributed by atoms with van der Waals surface area (Å²) in [7, 11) is 1.83. The zero-order valence-corrected chi connectivity index (χ0v) is 20.7. The van der Waals surface area contributed by atoms with Crippen molar-refractivity contribution in [1.29, 1.82) is 0 Å². The van der Waals surface area contributed by atoms with Crippen molar-refractivity contribution >= 4 is 21.9 Å². The van der Waals surface area contributed by atoms with Gasteiger partial charge in [0.15, 0.2) is 5.82 Å². The topological polar surface area (TPSA) is 17.0 Å². The van der Waals surface area contributed by atoms with Crippen molar-refractivity contribution in [2.75, 3.05) is 0 Å². The molecule has 1 aliphatic rings. The van der Waals surface area contributed by atoms with Gasteiger partial charge in [0, 0.05) is 16.8 Å². The van der Waals surface area contributed by atoms with Crippen molar-refractivity contribution in [3.63, 3.8) is 0 Å². The molecule has 0 bridgehead atoms. The molecule has 0 aliphatic heterocycles. The molecule has 0 saturated heterocycles. The molecule has 0 saturated carbocycles. The van der Waals surface area contributed by atoms with Gasteiger partial charge in [0.1, 0.15) is 24.0 Å². The summed E-state index contributed by atoms with van der Waals surface area (Å²) in [4.78, 5) is 0.